The predicted octanol–water partition coefficient (Wildman–Crippen LogP) is 3.84. The lowest BCUT2D eigenvalue weighted by molar-refractivity contribution is -0.127. The van der Waals surface area contributed by atoms with Crippen molar-refractivity contribution < 1.29 is 13.2 Å². The van der Waals surface area contributed by atoms with Gasteiger partial charge in [-0.25, -0.2) is 0 Å². The van der Waals surface area contributed by atoms with Crippen molar-refractivity contribution in [2.45, 2.75) is 38.8 Å². The maximum absolute atomic E-state index is 13.0. The first-order chi connectivity index (χ1) is 10.5. The summed E-state index contributed by atoms with van der Waals surface area (Å²) in [5.74, 6) is 0. The summed E-state index contributed by atoms with van der Waals surface area (Å²) in [5.41, 5.74) is 2.29. The van der Waals surface area contributed by atoms with Crippen LogP contribution in [0, 0.1) is 5.41 Å². The van der Waals surface area contributed by atoms with Crippen LogP contribution in [-0.4, -0.2) is 44.3 Å². The van der Waals surface area contributed by atoms with Gasteiger partial charge < -0.3 is 9.80 Å². The van der Waals surface area contributed by atoms with Crippen LogP contribution in [0.4, 0.5) is 18.9 Å². The number of hydrogen-bond donors (Lipinski definition) is 0. The van der Waals surface area contributed by atoms with Crippen LogP contribution in [-0.2, 0) is 11.8 Å². The summed E-state index contributed by atoms with van der Waals surface area (Å²) in [5, 5.41) is 0. The third-order valence-corrected chi connectivity index (χ3v) is 4.94. The van der Waals surface area contributed by atoms with Crippen LogP contribution in [0.3, 0.4) is 0 Å². The monoisotopic (exact) mass is 326 g/mol. The number of halogens is 3. The molecule has 1 aromatic rings. The number of alkyl halides is 3. The van der Waals surface area contributed by atoms with Gasteiger partial charge in [-0.15, -0.1) is 0 Å². The molecule has 1 aromatic carbocycles. The van der Waals surface area contributed by atoms with Crippen LogP contribution < -0.4 is 4.90 Å². The van der Waals surface area contributed by atoms with Crippen LogP contribution in [0.5, 0.6) is 0 Å². The van der Waals surface area contributed by atoms with E-state index in [2.05, 4.69) is 16.8 Å². The second-order valence-corrected chi connectivity index (χ2v) is 8.41. The van der Waals surface area contributed by atoms with E-state index in [-0.39, 0.29) is 5.41 Å². The summed E-state index contributed by atoms with van der Waals surface area (Å²) in [6.45, 7) is 9.94. The van der Waals surface area contributed by atoms with Crippen LogP contribution in [0.15, 0.2) is 18.2 Å². The predicted molar refractivity (Wildman–Crippen MR) is 87.0 cm³/mol. The quantitative estimate of drug-likeness (QED) is 0.815. The van der Waals surface area contributed by atoms with Crippen molar-refractivity contribution in [3.05, 3.63) is 29.3 Å². The lowest BCUT2D eigenvalue weighted by Gasteiger charge is -2.60. The van der Waals surface area contributed by atoms with E-state index in [1.165, 1.54) is 0 Å². The smallest absolute Gasteiger partial charge is 0.370 e. The summed E-state index contributed by atoms with van der Waals surface area (Å²) in [6.07, 6.45) is -5.03. The van der Waals surface area contributed by atoms with Crippen molar-refractivity contribution in [1.82, 2.24) is 4.90 Å². The van der Waals surface area contributed by atoms with E-state index in [1.54, 1.807) is 6.07 Å². The van der Waals surface area contributed by atoms with Crippen molar-refractivity contribution >= 4 is 5.69 Å². The first-order valence-corrected chi connectivity index (χ1v) is 8.11. The second-order valence-electron chi connectivity index (χ2n) is 8.41. The maximum Gasteiger partial charge on any atom is 0.393 e. The molecule has 0 N–H and O–H groups in total. The number of anilines is 1. The molecule has 2 saturated heterocycles. The lowest BCUT2D eigenvalue weighted by Crippen LogP contribution is -2.71. The molecule has 2 aliphatic rings. The molecule has 2 nitrogen and oxygen atoms in total. The zero-order valence-electron chi connectivity index (χ0n) is 14.3. The van der Waals surface area contributed by atoms with Gasteiger partial charge in [0.05, 0.1) is 6.42 Å². The molecule has 5 heteroatoms. The van der Waals surface area contributed by atoms with E-state index in [1.807, 2.05) is 32.9 Å². The van der Waals surface area contributed by atoms with Crippen molar-refractivity contribution in [2.24, 2.45) is 5.41 Å². The highest BCUT2D eigenvalue weighted by Crippen LogP contribution is 2.43. The van der Waals surface area contributed by atoms with Gasteiger partial charge >= 0.3 is 6.18 Å². The molecule has 1 spiro atoms. The fourth-order valence-corrected chi connectivity index (χ4v) is 3.95. The molecular formula is C18H25F3N2. The van der Waals surface area contributed by atoms with E-state index >= 15 is 0 Å². The third-order valence-electron chi connectivity index (χ3n) is 4.94. The summed E-state index contributed by atoms with van der Waals surface area (Å²) >= 11 is 0. The number of benzene rings is 1. The van der Waals surface area contributed by atoms with Crippen LogP contribution in [0.25, 0.3) is 0 Å². The Labute approximate surface area is 136 Å². The van der Waals surface area contributed by atoms with Gasteiger partial charge in [0.1, 0.15) is 0 Å². The van der Waals surface area contributed by atoms with E-state index < -0.39 is 12.6 Å². The van der Waals surface area contributed by atoms with Gasteiger partial charge in [-0.3, -0.25) is 0 Å². The fraction of sp³-hybridized carbons (Fsp3) is 0.667. The zero-order chi connectivity index (χ0) is 17.0. The Balaban J connectivity index is 1.84. The molecule has 2 heterocycles. The first kappa shape index (κ1) is 16.6. The molecule has 3 rings (SSSR count). The minimum Gasteiger partial charge on any atom is -0.370 e. The number of likely N-dealkylation sites (tertiary alicyclic amines) is 1. The van der Waals surface area contributed by atoms with E-state index in [0.717, 1.165) is 37.4 Å². The van der Waals surface area contributed by atoms with E-state index in [4.69, 9.17) is 0 Å². The number of hydrogen-bond acceptors (Lipinski definition) is 2. The van der Waals surface area contributed by atoms with E-state index in [0.29, 0.717) is 11.0 Å². The largest absolute Gasteiger partial charge is 0.393 e. The van der Waals surface area contributed by atoms with Gasteiger partial charge in [0.25, 0.3) is 0 Å². The molecule has 0 amide bonds. The highest BCUT2D eigenvalue weighted by atomic mass is 19.4. The minimum absolute atomic E-state index is 0.147. The SMILES string of the molecule is CN1CC2(C1)CN(c1ccc(C(C)(C)C)cc1CC(F)(F)F)C2. The van der Waals surface area contributed by atoms with Gasteiger partial charge in [0.2, 0.25) is 0 Å². The molecule has 0 radical (unpaired) electrons. The summed E-state index contributed by atoms with van der Waals surface area (Å²) in [6, 6.07) is 5.62. The molecule has 0 aromatic heterocycles. The average molecular weight is 326 g/mol. The molecule has 23 heavy (non-hydrogen) atoms. The Kier molecular flexibility index (Phi) is 3.71. The Morgan fingerprint density at radius 3 is 2.13 bits per heavy atom. The van der Waals surface area contributed by atoms with Crippen LogP contribution >= 0.6 is 0 Å². The van der Waals surface area contributed by atoms with Crippen LogP contribution in [0.2, 0.25) is 0 Å². The standard InChI is InChI=1S/C18H25F3N2/c1-16(2,3)14-5-6-15(13(7-14)8-18(19,20)21)23-11-17(12-23)9-22(4)10-17/h5-7H,8-12H2,1-4H3. The van der Waals surface area contributed by atoms with Crippen molar-refractivity contribution in [3.63, 3.8) is 0 Å². The zero-order valence-corrected chi connectivity index (χ0v) is 14.3. The topological polar surface area (TPSA) is 6.48 Å². The number of rotatable bonds is 2. The van der Waals surface area contributed by atoms with Crippen LogP contribution in [0.1, 0.15) is 31.9 Å². The van der Waals surface area contributed by atoms with E-state index in [9.17, 15) is 13.2 Å². The van der Waals surface area contributed by atoms with Crippen molar-refractivity contribution in [1.29, 1.82) is 0 Å². The van der Waals surface area contributed by atoms with Gasteiger partial charge in [-0.05, 0) is 29.7 Å². The molecule has 0 bridgehead atoms. The van der Waals surface area contributed by atoms with Crippen molar-refractivity contribution in [3.8, 4) is 0 Å². The molecule has 0 aliphatic carbocycles. The Hall–Kier alpha value is -1.23. The van der Waals surface area contributed by atoms with Crippen molar-refractivity contribution in [2.75, 3.05) is 38.1 Å². The molecule has 128 valence electrons. The second kappa shape index (κ2) is 5.13. The molecule has 2 fully saturated rings. The molecular weight excluding hydrogens is 301 g/mol. The highest BCUT2D eigenvalue weighted by Gasteiger charge is 2.50. The molecule has 2 aliphatic heterocycles. The molecule has 0 atom stereocenters. The Bertz CT molecular complexity index is 587. The minimum atomic E-state index is -4.18. The fourth-order valence-electron chi connectivity index (χ4n) is 3.95. The third kappa shape index (κ3) is 3.35. The van der Waals surface area contributed by atoms with Gasteiger partial charge in [0, 0.05) is 37.3 Å². The Morgan fingerprint density at radius 1 is 1.04 bits per heavy atom. The number of nitrogens with zero attached hydrogens (tertiary/aromatic N) is 2. The average Bonchev–Trinajstić information content (AvgIpc) is 2.29. The summed E-state index contributed by atoms with van der Waals surface area (Å²) in [4.78, 5) is 4.37. The summed E-state index contributed by atoms with van der Waals surface area (Å²) in [7, 11) is 2.08. The maximum atomic E-state index is 13.0. The normalized spacial score (nSPS) is 21.3. The lowest BCUT2D eigenvalue weighted by atomic mass is 9.72. The Morgan fingerprint density at radius 2 is 1.65 bits per heavy atom. The first-order valence-electron chi connectivity index (χ1n) is 8.11. The van der Waals surface area contributed by atoms with Gasteiger partial charge in [0.15, 0.2) is 0 Å². The van der Waals surface area contributed by atoms with Gasteiger partial charge in [-0.2, -0.15) is 13.2 Å². The molecule has 0 unspecified atom stereocenters. The summed E-state index contributed by atoms with van der Waals surface area (Å²) < 4.78 is 39.0. The highest BCUT2D eigenvalue weighted by molar-refractivity contribution is 5.59. The van der Waals surface area contributed by atoms with Gasteiger partial charge in [-0.1, -0.05) is 32.9 Å². The molecule has 0 saturated carbocycles.